The van der Waals surface area contributed by atoms with Gasteiger partial charge >= 0.3 is 32.6 Å². The predicted octanol–water partition coefficient (Wildman–Crippen LogP) is 6.06. The van der Waals surface area contributed by atoms with Gasteiger partial charge in [0.2, 0.25) is 23.1 Å². The lowest BCUT2D eigenvalue weighted by atomic mass is 10.2. The van der Waals surface area contributed by atoms with Crippen LogP contribution >= 0.6 is 34.9 Å². The van der Waals surface area contributed by atoms with Gasteiger partial charge in [0.05, 0.1) is 51.9 Å². The van der Waals surface area contributed by atoms with Gasteiger partial charge in [0.25, 0.3) is 5.43 Å². The minimum atomic E-state index is -4.68. The van der Waals surface area contributed by atoms with Crippen molar-refractivity contribution in [1.29, 1.82) is 0 Å². The molecule has 1 aliphatic rings. The number of thiophene rings is 1. The van der Waals surface area contributed by atoms with E-state index in [0.29, 0.717) is 12.2 Å². The first-order valence-electron chi connectivity index (χ1n) is 15.7. The molecule has 4 aromatic rings. The maximum absolute atomic E-state index is 12.0. The molecule has 0 fully saturated rings. The average Bonchev–Trinajstić information content (AvgIpc) is 3.68. The molecule has 0 aliphatic carbocycles. The number of pyridine rings is 3. The number of hydrogen-bond donors (Lipinski definition) is 5. The molecule has 5 heterocycles. The Morgan fingerprint density at radius 1 is 0.918 bits per heavy atom. The zero-order valence-electron chi connectivity index (χ0n) is 31.5. The molecule has 5 N–H and O–H groups in total. The quantitative estimate of drug-likeness (QED) is 0.0723. The number of aryl methyl sites for hydroxylation is 1. The maximum Gasteiger partial charge on any atom is 0.420 e. The Morgan fingerprint density at radius 2 is 1.52 bits per heavy atom. The molecule has 0 bridgehead atoms. The summed E-state index contributed by atoms with van der Waals surface area (Å²) >= 11 is 3.10. The van der Waals surface area contributed by atoms with Gasteiger partial charge < -0.3 is 45.0 Å². The van der Waals surface area contributed by atoms with Gasteiger partial charge in [0.1, 0.15) is 5.56 Å². The van der Waals surface area contributed by atoms with E-state index < -0.39 is 80.8 Å². The van der Waals surface area contributed by atoms with Crippen molar-refractivity contribution in [1.82, 2.24) is 15.0 Å². The molecule has 0 amide bonds. The summed E-state index contributed by atoms with van der Waals surface area (Å²) in [4.78, 5) is 68.8. The lowest BCUT2D eigenvalue weighted by Gasteiger charge is -2.19. The zero-order chi connectivity index (χ0) is 47.0. The third-order valence-corrected chi connectivity index (χ3v) is 10.6. The number of aliphatic hydroxyl groups is 1. The number of ether oxygens (including phenoxy) is 2. The summed E-state index contributed by atoms with van der Waals surface area (Å²) < 4.78 is 44.1. The fourth-order valence-electron chi connectivity index (χ4n) is 3.86. The lowest BCUT2D eigenvalue weighted by Crippen LogP contribution is -2.39. The highest BCUT2D eigenvalue weighted by Gasteiger charge is 2.53. The van der Waals surface area contributed by atoms with Crippen molar-refractivity contribution >= 4 is 57.1 Å². The van der Waals surface area contributed by atoms with Crippen LogP contribution in [0.3, 0.4) is 0 Å². The number of aromatic hydroxyl groups is 3. The molecule has 0 spiro atoms. The first-order chi connectivity index (χ1) is 28.3. The minimum Gasteiger partial charge on any atom is -0.501 e. The molecule has 332 valence electrons. The van der Waals surface area contributed by atoms with Crippen molar-refractivity contribution in [3.63, 3.8) is 0 Å². The van der Waals surface area contributed by atoms with E-state index >= 15 is 0 Å². The Bertz CT molecular complexity index is 2310. The van der Waals surface area contributed by atoms with Gasteiger partial charge in [-0.1, -0.05) is 23.1 Å². The number of nitrogens with one attached hydrogen (secondary N) is 1. The van der Waals surface area contributed by atoms with Crippen molar-refractivity contribution in [2.24, 2.45) is 0 Å². The van der Waals surface area contributed by atoms with E-state index in [1.165, 1.54) is 19.4 Å². The predicted molar refractivity (Wildman–Crippen MR) is 210 cm³/mol. The van der Waals surface area contributed by atoms with E-state index in [2.05, 4.69) is 19.7 Å². The van der Waals surface area contributed by atoms with Gasteiger partial charge in [-0.25, -0.2) is 4.98 Å². The molecule has 61 heavy (non-hydrogen) atoms. The van der Waals surface area contributed by atoms with Crippen LogP contribution in [-0.4, -0.2) is 90.3 Å². The topological polar surface area (TPSA) is 374 Å². The SMILES string of the molecule is CCOc1c[nH]cc([N+](=O)[O-])c1=O.COc1cc([N+](=O)[O-])c(O)cn1.CSC1([N+](=O)[O-])SC(C)=CC1O.Cc1csc([N+](=O)[O-])c1O.O=[N+]([O-])c1ncc(C(F)(F)F)cc1O. The minimum absolute atomic E-state index is 0.0308. The second kappa shape index (κ2) is 23.1. The number of hydrogen-bond acceptors (Lipinski definition) is 22. The van der Waals surface area contributed by atoms with E-state index in [-0.39, 0.29) is 34.6 Å². The number of nitro groups is 5. The summed E-state index contributed by atoms with van der Waals surface area (Å²) in [5.41, 5.74) is -2.31. The highest BCUT2D eigenvalue weighted by molar-refractivity contribution is 8.19. The van der Waals surface area contributed by atoms with Gasteiger partial charge in [-0.05, 0) is 59.7 Å². The monoisotopic (exact) mass is 928 g/mol. The molecule has 5 rings (SSSR count). The molecule has 31 heteroatoms. The first kappa shape index (κ1) is 52.2. The number of aromatic amines is 1. The van der Waals surface area contributed by atoms with Gasteiger partial charge in [0.15, 0.2) is 18.1 Å². The Hall–Kier alpha value is -6.86. The van der Waals surface area contributed by atoms with Gasteiger partial charge in [-0.2, -0.15) is 13.2 Å². The molecule has 0 saturated carbocycles. The highest BCUT2D eigenvalue weighted by atomic mass is 32.2. The summed E-state index contributed by atoms with van der Waals surface area (Å²) in [5, 5.41) is 88.9. The number of methoxy groups -OCH3 is 1. The third kappa shape index (κ3) is 14.7. The number of halogens is 3. The molecule has 0 aromatic carbocycles. The van der Waals surface area contributed by atoms with Gasteiger partial charge in [0, 0.05) is 23.2 Å². The van der Waals surface area contributed by atoms with Crippen molar-refractivity contribution in [3.05, 3.63) is 125 Å². The summed E-state index contributed by atoms with van der Waals surface area (Å²) in [5.74, 6) is -2.73. The zero-order valence-corrected chi connectivity index (χ0v) is 33.9. The molecular formula is C30H31F3N8O17S3. The third-order valence-electron chi connectivity index (χ3n) is 6.69. The summed E-state index contributed by atoms with van der Waals surface area (Å²) in [6.45, 7) is 5.37. The van der Waals surface area contributed by atoms with Crippen LogP contribution in [0.4, 0.5) is 35.4 Å². The lowest BCUT2D eigenvalue weighted by molar-refractivity contribution is -0.517. The van der Waals surface area contributed by atoms with Crippen LogP contribution in [0.2, 0.25) is 0 Å². The van der Waals surface area contributed by atoms with Crippen LogP contribution in [0.1, 0.15) is 25.0 Å². The highest BCUT2D eigenvalue weighted by Crippen LogP contribution is 2.48. The summed E-state index contributed by atoms with van der Waals surface area (Å²) in [6.07, 6.45) is 1.06. The van der Waals surface area contributed by atoms with Crippen molar-refractivity contribution < 1.29 is 67.7 Å². The van der Waals surface area contributed by atoms with Crippen molar-refractivity contribution in [2.45, 2.75) is 37.3 Å². The number of rotatable bonds is 9. The number of thioether (sulfide) groups is 2. The van der Waals surface area contributed by atoms with Crippen LogP contribution in [0.5, 0.6) is 28.9 Å². The van der Waals surface area contributed by atoms with Gasteiger partial charge in [-0.3, -0.25) is 45.3 Å². The molecule has 0 saturated heterocycles. The van der Waals surface area contributed by atoms with Crippen molar-refractivity contribution in [3.8, 4) is 28.9 Å². The van der Waals surface area contributed by atoms with E-state index in [1.54, 1.807) is 32.4 Å². The van der Waals surface area contributed by atoms with Gasteiger partial charge in [-0.15, -0.1) is 0 Å². The summed E-state index contributed by atoms with van der Waals surface area (Å²) in [6, 6.07) is 1.31. The smallest absolute Gasteiger partial charge is 0.420 e. The molecule has 1 aliphatic heterocycles. The van der Waals surface area contributed by atoms with E-state index in [0.717, 1.165) is 58.2 Å². The van der Waals surface area contributed by atoms with E-state index in [1.807, 2.05) is 0 Å². The van der Waals surface area contributed by atoms with E-state index in [9.17, 15) is 73.6 Å². The molecule has 25 nitrogen and oxygen atoms in total. The first-order valence-corrected chi connectivity index (χ1v) is 18.6. The Balaban J connectivity index is 0.000000383. The normalized spacial score (nSPS) is 15.0. The van der Waals surface area contributed by atoms with Crippen LogP contribution in [0.25, 0.3) is 0 Å². The largest absolute Gasteiger partial charge is 0.501 e. The Kier molecular flexibility index (Phi) is 19.7. The fraction of sp³-hybridized carbons (Fsp3) is 0.300. The van der Waals surface area contributed by atoms with E-state index in [4.69, 9.17) is 20.1 Å². The molecular weight excluding hydrogens is 898 g/mol. The van der Waals surface area contributed by atoms with Crippen molar-refractivity contribution in [2.75, 3.05) is 20.0 Å². The Morgan fingerprint density at radius 3 is 1.89 bits per heavy atom. The summed E-state index contributed by atoms with van der Waals surface area (Å²) in [7, 11) is 1.34. The Labute approximate surface area is 350 Å². The molecule has 4 aromatic heterocycles. The maximum atomic E-state index is 12.0. The number of allylic oxidation sites excluding steroid dienone is 1. The number of nitrogens with zero attached hydrogens (tertiary/aromatic N) is 7. The molecule has 2 unspecified atom stereocenters. The fourth-order valence-corrected chi connectivity index (χ4v) is 6.73. The average molecular weight is 929 g/mol. The number of alkyl halides is 3. The number of aromatic nitrogens is 3. The molecule has 2 atom stereocenters. The van der Waals surface area contributed by atoms with Crippen LogP contribution in [0.15, 0.2) is 58.1 Å². The molecule has 0 radical (unpaired) electrons. The second-order valence-corrected chi connectivity index (χ2v) is 14.4. The standard InChI is InChI=1S/C7H8N2O4.C6H3F3N2O3.C6H6N2O4.C6H9NO3S2.C5H5NO3S/c1-2-13-6-4-8-3-5(7(6)10)9(11)12;7-6(8,9)3-1-4(12)5(10-2-3)11(13)14;1-12-6-2-4(8(10)11)5(9)3-7-6;1-4-3-5(8)6(11-2,12-4)7(9)10;1-3-2-10-5(4(3)7)6(8)9/h3-4H,2H2,1H3,(H,8,10);1-2,12H;2-3,9H,1H3;3,5,8H,1-2H3;2,7H,1H3. The second-order valence-electron chi connectivity index (χ2n) is 10.8. The number of H-pyrrole nitrogens is 1. The van der Waals surface area contributed by atoms with Crippen LogP contribution < -0.4 is 14.9 Å². The van der Waals surface area contributed by atoms with Crippen LogP contribution in [-0.2, 0) is 6.18 Å². The van der Waals surface area contributed by atoms with Crippen LogP contribution in [0, 0.1) is 57.5 Å². The number of aliphatic hydroxyl groups excluding tert-OH is 1.